The predicted molar refractivity (Wildman–Crippen MR) is 67.4 cm³/mol. The van der Waals surface area contributed by atoms with Crippen LogP contribution in [0.4, 0.5) is 0 Å². The second-order valence-electron chi connectivity index (χ2n) is 5.08. The van der Waals surface area contributed by atoms with Gasteiger partial charge in [-0.1, -0.05) is 34.3 Å². The van der Waals surface area contributed by atoms with Crippen LogP contribution in [-0.2, 0) is 14.3 Å². The molecule has 0 unspecified atom stereocenters. The highest BCUT2D eigenvalue weighted by Crippen LogP contribution is 2.25. The van der Waals surface area contributed by atoms with E-state index in [-0.39, 0.29) is 30.9 Å². The molecule has 0 saturated heterocycles. The summed E-state index contributed by atoms with van der Waals surface area (Å²) in [6.45, 7) is 12.9. The van der Waals surface area contributed by atoms with Crippen LogP contribution in [0, 0.1) is 11.3 Å². The lowest BCUT2D eigenvalue weighted by Crippen LogP contribution is -2.41. The normalized spacial score (nSPS) is 11.4. The molecule has 0 atom stereocenters. The molecule has 0 fully saturated rings. The molecule has 0 aliphatic rings. The number of hydrogen-bond acceptors (Lipinski definition) is 3. The first kappa shape index (κ1) is 15.8. The zero-order valence-electron chi connectivity index (χ0n) is 11.4. The Hall–Kier alpha value is -1.16. The van der Waals surface area contributed by atoms with E-state index in [1.807, 2.05) is 27.7 Å². The van der Waals surface area contributed by atoms with Crippen LogP contribution in [0.3, 0.4) is 0 Å². The molecule has 0 bridgehead atoms. The third-order valence-electron chi connectivity index (χ3n) is 3.07. The smallest absolute Gasteiger partial charge is 0.227 e. The zero-order valence-corrected chi connectivity index (χ0v) is 11.4. The van der Waals surface area contributed by atoms with E-state index in [4.69, 9.17) is 4.74 Å². The molecule has 0 spiro atoms. The molecule has 1 amide bonds. The first-order valence-electron chi connectivity index (χ1n) is 5.74. The third-order valence-corrected chi connectivity index (χ3v) is 3.07. The number of amides is 1. The van der Waals surface area contributed by atoms with E-state index < -0.39 is 5.41 Å². The maximum absolute atomic E-state index is 11.8. The molecule has 0 rings (SSSR count). The second-order valence-corrected chi connectivity index (χ2v) is 5.08. The largest absolute Gasteiger partial charge is 0.353 e. The zero-order chi connectivity index (χ0) is 13.6. The maximum Gasteiger partial charge on any atom is 0.227 e. The van der Waals surface area contributed by atoms with Gasteiger partial charge in [-0.25, -0.2) is 0 Å². The molecule has 0 aliphatic heterocycles. The molecule has 0 aromatic heterocycles. The Balaban J connectivity index is 3.95. The van der Waals surface area contributed by atoms with Crippen LogP contribution in [0.5, 0.6) is 0 Å². The van der Waals surface area contributed by atoms with Gasteiger partial charge in [0.05, 0.1) is 0 Å². The van der Waals surface area contributed by atoms with Gasteiger partial charge in [-0.15, -0.1) is 0 Å². The standard InChI is InChI=1S/C13H23NO3/c1-9(2)11(15)7-17-8-14-12(16)13(5,6)10(3)4/h10H,1,7-8H2,2-6H3,(H,14,16). The van der Waals surface area contributed by atoms with Crippen molar-refractivity contribution in [1.29, 1.82) is 0 Å². The fraction of sp³-hybridized carbons (Fsp3) is 0.692. The lowest BCUT2D eigenvalue weighted by atomic mass is 9.80. The van der Waals surface area contributed by atoms with Crippen molar-refractivity contribution in [2.45, 2.75) is 34.6 Å². The van der Waals surface area contributed by atoms with Gasteiger partial charge >= 0.3 is 0 Å². The van der Waals surface area contributed by atoms with E-state index in [2.05, 4.69) is 11.9 Å². The number of ketones is 1. The van der Waals surface area contributed by atoms with Crippen LogP contribution >= 0.6 is 0 Å². The molecule has 0 aromatic rings. The van der Waals surface area contributed by atoms with E-state index in [1.54, 1.807) is 6.92 Å². The van der Waals surface area contributed by atoms with Crippen LogP contribution in [0.1, 0.15) is 34.6 Å². The number of hydrogen-bond donors (Lipinski definition) is 1. The quantitative estimate of drug-likeness (QED) is 0.421. The Morgan fingerprint density at radius 3 is 2.29 bits per heavy atom. The minimum Gasteiger partial charge on any atom is -0.353 e. The molecule has 98 valence electrons. The van der Waals surface area contributed by atoms with Crippen LogP contribution in [0.2, 0.25) is 0 Å². The first-order chi connectivity index (χ1) is 7.69. The Bertz CT molecular complexity index is 306. The van der Waals surface area contributed by atoms with Crippen molar-refractivity contribution in [2.24, 2.45) is 11.3 Å². The van der Waals surface area contributed by atoms with Crippen molar-refractivity contribution in [3.05, 3.63) is 12.2 Å². The van der Waals surface area contributed by atoms with E-state index in [9.17, 15) is 9.59 Å². The number of carbonyl (C=O) groups excluding carboxylic acids is 2. The predicted octanol–water partition coefficient (Wildman–Crippen LogP) is 1.90. The highest BCUT2D eigenvalue weighted by Gasteiger charge is 2.30. The van der Waals surface area contributed by atoms with Crippen molar-refractivity contribution in [1.82, 2.24) is 5.32 Å². The van der Waals surface area contributed by atoms with E-state index in [0.717, 1.165) is 0 Å². The summed E-state index contributed by atoms with van der Waals surface area (Å²) in [7, 11) is 0. The lowest BCUT2D eigenvalue weighted by molar-refractivity contribution is -0.134. The number of ether oxygens (including phenoxy) is 1. The average molecular weight is 241 g/mol. The molecule has 0 aliphatic carbocycles. The molecule has 0 heterocycles. The number of carbonyl (C=O) groups is 2. The van der Waals surface area contributed by atoms with Gasteiger partial charge < -0.3 is 10.1 Å². The monoisotopic (exact) mass is 241 g/mol. The summed E-state index contributed by atoms with van der Waals surface area (Å²) in [6.07, 6.45) is 0. The van der Waals surface area contributed by atoms with E-state index in [1.165, 1.54) is 0 Å². The second kappa shape index (κ2) is 6.55. The summed E-state index contributed by atoms with van der Waals surface area (Å²) < 4.78 is 5.06. The van der Waals surface area contributed by atoms with E-state index >= 15 is 0 Å². The summed E-state index contributed by atoms with van der Waals surface area (Å²) in [5.41, 5.74) is 0.0145. The molecular formula is C13H23NO3. The van der Waals surface area contributed by atoms with Crippen LogP contribution in [0.15, 0.2) is 12.2 Å². The van der Waals surface area contributed by atoms with Crippen molar-refractivity contribution in [3.8, 4) is 0 Å². The summed E-state index contributed by atoms with van der Waals surface area (Å²) in [4.78, 5) is 22.9. The van der Waals surface area contributed by atoms with Crippen molar-refractivity contribution in [2.75, 3.05) is 13.3 Å². The number of Topliss-reactive ketones (excluding diaryl/α,β-unsaturated/α-hetero) is 1. The highest BCUT2D eigenvalue weighted by atomic mass is 16.5. The van der Waals surface area contributed by atoms with Gasteiger partial charge in [-0.3, -0.25) is 9.59 Å². The minimum absolute atomic E-state index is 0.0439. The molecule has 4 nitrogen and oxygen atoms in total. The molecule has 0 saturated carbocycles. The van der Waals surface area contributed by atoms with Crippen LogP contribution in [-0.4, -0.2) is 25.0 Å². The number of rotatable bonds is 7. The first-order valence-corrected chi connectivity index (χ1v) is 5.74. The lowest BCUT2D eigenvalue weighted by Gasteiger charge is -2.27. The number of nitrogens with one attached hydrogen (secondary N) is 1. The molecule has 17 heavy (non-hydrogen) atoms. The van der Waals surface area contributed by atoms with Gasteiger partial charge in [0.1, 0.15) is 13.3 Å². The van der Waals surface area contributed by atoms with Gasteiger partial charge in [0.2, 0.25) is 5.91 Å². The SMILES string of the molecule is C=C(C)C(=O)COCNC(=O)C(C)(C)C(C)C. The van der Waals surface area contributed by atoms with Gasteiger partial charge in [0, 0.05) is 5.41 Å². The average Bonchev–Trinajstić information content (AvgIpc) is 2.22. The Morgan fingerprint density at radius 2 is 1.88 bits per heavy atom. The fourth-order valence-electron chi connectivity index (χ4n) is 0.874. The fourth-order valence-corrected chi connectivity index (χ4v) is 0.874. The summed E-state index contributed by atoms with van der Waals surface area (Å²) in [6, 6.07) is 0. The van der Waals surface area contributed by atoms with Crippen LogP contribution < -0.4 is 5.32 Å². The van der Waals surface area contributed by atoms with E-state index in [0.29, 0.717) is 5.57 Å². The highest BCUT2D eigenvalue weighted by molar-refractivity contribution is 5.95. The summed E-state index contributed by atoms with van der Waals surface area (Å²) in [5, 5.41) is 2.66. The summed E-state index contributed by atoms with van der Waals surface area (Å²) in [5.74, 6) is 0.0113. The van der Waals surface area contributed by atoms with Crippen molar-refractivity contribution >= 4 is 11.7 Å². The van der Waals surface area contributed by atoms with Gasteiger partial charge in [-0.05, 0) is 18.4 Å². The molecule has 4 heteroatoms. The Kier molecular flexibility index (Phi) is 6.10. The molecular weight excluding hydrogens is 218 g/mol. The Labute approximate surface area is 103 Å². The third kappa shape index (κ3) is 5.13. The maximum atomic E-state index is 11.8. The van der Waals surface area contributed by atoms with Crippen molar-refractivity contribution in [3.63, 3.8) is 0 Å². The van der Waals surface area contributed by atoms with Gasteiger partial charge in [0.25, 0.3) is 0 Å². The summed E-state index contributed by atoms with van der Waals surface area (Å²) >= 11 is 0. The molecule has 0 radical (unpaired) electrons. The van der Waals surface area contributed by atoms with Gasteiger partial charge in [-0.2, -0.15) is 0 Å². The minimum atomic E-state index is -0.443. The van der Waals surface area contributed by atoms with Gasteiger partial charge in [0.15, 0.2) is 5.78 Å². The van der Waals surface area contributed by atoms with Crippen molar-refractivity contribution < 1.29 is 14.3 Å². The molecule has 0 aromatic carbocycles. The Morgan fingerprint density at radius 1 is 1.35 bits per heavy atom. The molecule has 1 N–H and O–H groups in total. The van der Waals surface area contributed by atoms with Crippen LogP contribution in [0.25, 0.3) is 0 Å². The topological polar surface area (TPSA) is 55.4 Å².